The van der Waals surface area contributed by atoms with Crippen LogP contribution in [0.5, 0.6) is 0 Å². The lowest BCUT2D eigenvalue weighted by molar-refractivity contribution is -0.137. The molecule has 1 fully saturated rings. The molecule has 1 aliphatic rings. The largest absolute Gasteiger partial charge is 0.481 e. The minimum absolute atomic E-state index is 0.184. The highest BCUT2D eigenvalue weighted by Gasteiger charge is 2.24. The molecule has 3 nitrogen and oxygen atoms in total. The fraction of sp³-hybridized carbons (Fsp3) is 0.909. The maximum atomic E-state index is 12.9. The fourth-order valence-electron chi connectivity index (χ4n) is 2.24. The Morgan fingerprint density at radius 3 is 2.47 bits per heavy atom. The lowest BCUT2D eigenvalue weighted by atomic mass is 9.92. The van der Waals surface area contributed by atoms with Crippen molar-refractivity contribution in [2.75, 3.05) is 13.1 Å². The van der Waals surface area contributed by atoms with Gasteiger partial charge in [-0.15, -0.1) is 0 Å². The topological polar surface area (TPSA) is 40.5 Å². The van der Waals surface area contributed by atoms with Crippen molar-refractivity contribution in [3.63, 3.8) is 0 Å². The average molecular weight is 217 g/mol. The van der Waals surface area contributed by atoms with E-state index in [1.54, 1.807) is 0 Å². The monoisotopic (exact) mass is 217 g/mol. The Morgan fingerprint density at radius 2 is 2.00 bits per heavy atom. The average Bonchev–Trinajstić information content (AvgIpc) is 2.21. The zero-order chi connectivity index (χ0) is 11.3. The molecule has 0 saturated heterocycles. The minimum atomic E-state index is -0.757. The number of halogens is 1. The standard InChI is InChI=1S/C11H20FNO2/c1-2-13(8-7-11(14)15)10-5-3-9(12)4-6-10/h9-10H,2-8H2,1H3,(H,14,15). The van der Waals surface area contributed by atoms with Crippen molar-refractivity contribution in [1.29, 1.82) is 0 Å². The summed E-state index contributed by atoms with van der Waals surface area (Å²) in [6.45, 7) is 3.48. The first-order chi connectivity index (χ1) is 7.13. The van der Waals surface area contributed by atoms with Crippen molar-refractivity contribution in [2.45, 2.75) is 51.2 Å². The third-order valence-corrected chi connectivity index (χ3v) is 3.16. The highest BCUT2D eigenvalue weighted by Crippen LogP contribution is 2.24. The van der Waals surface area contributed by atoms with Gasteiger partial charge in [0.1, 0.15) is 6.17 Å². The summed E-state index contributed by atoms with van der Waals surface area (Å²) in [7, 11) is 0. The Kier molecular flexibility index (Phi) is 5.02. The zero-order valence-corrected chi connectivity index (χ0v) is 9.29. The Morgan fingerprint density at radius 1 is 1.40 bits per heavy atom. The van der Waals surface area contributed by atoms with Crippen LogP contribution in [-0.4, -0.2) is 41.3 Å². The van der Waals surface area contributed by atoms with Crippen LogP contribution >= 0.6 is 0 Å². The van der Waals surface area contributed by atoms with Gasteiger partial charge in [-0.1, -0.05) is 6.92 Å². The Balaban J connectivity index is 2.34. The highest BCUT2D eigenvalue weighted by atomic mass is 19.1. The number of rotatable bonds is 5. The van der Waals surface area contributed by atoms with E-state index in [2.05, 4.69) is 4.90 Å². The number of hydrogen-bond acceptors (Lipinski definition) is 2. The van der Waals surface area contributed by atoms with Crippen LogP contribution < -0.4 is 0 Å². The lowest BCUT2D eigenvalue weighted by Gasteiger charge is -2.34. The van der Waals surface area contributed by atoms with E-state index >= 15 is 0 Å². The molecule has 0 aromatic carbocycles. The van der Waals surface area contributed by atoms with Crippen LogP contribution in [0.2, 0.25) is 0 Å². The molecule has 0 unspecified atom stereocenters. The van der Waals surface area contributed by atoms with E-state index in [0.29, 0.717) is 25.4 Å². The Hall–Kier alpha value is -0.640. The first-order valence-electron chi connectivity index (χ1n) is 5.73. The van der Waals surface area contributed by atoms with Gasteiger partial charge in [-0.05, 0) is 32.2 Å². The zero-order valence-electron chi connectivity index (χ0n) is 9.29. The summed E-state index contributed by atoms with van der Waals surface area (Å²) in [5.41, 5.74) is 0. The van der Waals surface area contributed by atoms with Crippen molar-refractivity contribution in [3.8, 4) is 0 Å². The molecule has 0 heterocycles. The van der Waals surface area contributed by atoms with E-state index in [9.17, 15) is 9.18 Å². The van der Waals surface area contributed by atoms with Crippen LogP contribution in [0.1, 0.15) is 39.0 Å². The molecule has 88 valence electrons. The molecule has 0 radical (unpaired) electrons. The van der Waals surface area contributed by atoms with Crippen molar-refractivity contribution < 1.29 is 14.3 Å². The van der Waals surface area contributed by atoms with Crippen LogP contribution in [0.15, 0.2) is 0 Å². The smallest absolute Gasteiger partial charge is 0.304 e. The van der Waals surface area contributed by atoms with Crippen LogP contribution in [0.4, 0.5) is 4.39 Å². The van der Waals surface area contributed by atoms with Crippen molar-refractivity contribution in [1.82, 2.24) is 4.90 Å². The van der Waals surface area contributed by atoms with Gasteiger partial charge in [-0.3, -0.25) is 4.79 Å². The van der Waals surface area contributed by atoms with E-state index in [-0.39, 0.29) is 6.42 Å². The third kappa shape index (κ3) is 4.16. The van der Waals surface area contributed by atoms with Crippen molar-refractivity contribution >= 4 is 5.97 Å². The Bertz CT molecular complexity index is 203. The van der Waals surface area contributed by atoms with Gasteiger partial charge in [-0.25, -0.2) is 4.39 Å². The van der Waals surface area contributed by atoms with Gasteiger partial charge in [0.15, 0.2) is 0 Å². The molecule has 1 N–H and O–H groups in total. The molecule has 0 aliphatic heterocycles. The first-order valence-corrected chi connectivity index (χ1v) is 5.73. The van der Waals surface area contributed by atoms with Gasteiger partial charge in [0, 0.05) is 12.6 Å². The van der Waals surface area contributed by atoms with Crippen LogP contribution in [0.25, 0.3) is 0 Å². The number of nitrogens with zero attached hydrogens (tertiary/aromatic N) is 1. The normalized spacial score (nSPS) is 26.9. The molecule has 0 aromatic heterocycles. The lowest BCUT2D eigenvalue weighted by Crippen LogP contribution is -2.39. The molecule has 0 atom stereocenters. The van der Waals surface area contributed by atoms with Gasteiger partial charge in [-0.2, -0.15) is 0 Å². The molecule has 0 aromatic rings. The molecule has 4 heteroatoms. The summed E-state index contributed by atoms with van der Waals surface area (Å²) in [4.78, 5) is 12.6. The molecule has 0 bridgehead atoms. The third-order valence-electron chi connectivity index (χ3n) is 3.16. The summed E-state index contributed by atoms with van der Waals surface area (Å²) in [5, 5.41) is 8.61. The first kappa shape index (κ1) is 12.4. The fourth-order valence-corrected chi connectivity index (χ4v) is 2.24. The molecular formula is C11H20FNO2. The van der Waals surface area contributed by atoms with Crippen molar-refractivity contribution in [2.24, 2.45) is 0 Å². The molecule has 0 spiro atoms. The molecule has 15 heavy (non-hydrogen) atoms. The minimum Gasteiger partial charge on any atom is -0.481 e. The molecule has 1 rings (SSSR count). The van der Waals surface area contributed by atoms with E-state index in [1.165, 1.54) is 0 Å². The number of carboxylic acid groups (broad SMARTS) is 1. The summed E-state index contributed by atoms with van der Waals surface area (Å²) < 4.78 is 12.9. The second-order valence-electron chi connectivity index (χ2n) is 4.18. The van der Waals surface area contributed by atoms with E-state index in [0.717, 1.165) is 19.4 Å². The van der Waals surface area contributed by atoms with Gasteiger partial charge in [0.2, 0.25) is 0 Å². The number of alkyl halides is 1. The molecule has 0 amide bonds. The van der Waals surface area contributed by atoms with Crippen molar-refractivity contribution in [3.05, 3.63) is 0 Å². The second-order valence-corrected chi connectivity index (χ2v) is 4.18. The summed E-state index contributed by atoms with van der Waals surface area (Å²) >= 11 is 0. The predicted octanol–water partition coefficient (Wildman–Crippen LogP) is 2.06. The molecular weight excluding hydrogens is 197 g/mol. The number of carboxylic acids is 1. The summed E-state index contributed by atoms with van der Waals surface area (Å²) in [5.74, 6) is -0.757. The number of aliphatic carboxylic acids is 1. The molecule has 1 saturated carbocycles. The van der Waals surface area contributed by atoms with Gasteiger partial charge in [0.25, 0.3) is 0 Å². The van der Waals surface area contributed by atoms with Gasteiger partial charge >= 0.3 is 5.97 Å². The van der Waals surface area contributed by atoms with E-state index < -0.39 is 12.1 Å². The van der Waals surface area contributed by atoms with Crippen LogP contribution in [-0.2, 0) is 4.79 Å². The van der Waals surface area contributed by atoms with E-state index in [1.807, 2.05) is 6.92 Å². The SMILES string of the molecule is CCN(CCC(=O)O)C1CCC(F)CC1. The summed E-state index contributed by atoms with van der Waals surface area (Å²) in [6.07, 6.45) is 2.55. The number of carbonyl (C=O) groups is 1. The second kappa shape index (κ2) is 6.05. The summed E-state index contributed by atoms with van der Waals surface area (Å²) in [6, 6.07) is 0.390. The predicted molar refractivity (Wildman–Crippen MR) is 56.7 cm³/mol. The van der Waals surface area contributed by atoms with Gasteiger partial charge in [0.05, 0.1) is 6.42 Å². The number of hydrogen-bond donors (Lipinski definition) is 1. The van der Waals surface area contributed by atoms with Gasteiger partial charge < -0.3 is 10.0 Å². The maximum Gasteiger partial charge on any atom is 0.304 e. The maximum absolute atomic E-state index is 12.9. The molecule has 1 aliphatic carbocycles. The van der Waals surface area contributed by atoms with Crippen LogP contribution in [0, 0.1) is 0 Å². The quantitative estimate of drug-likeness (QED) is 0.766. The van der Waals surface area contributed by atoms with E-state index in [4.69, 9.17) is 5.11 Å². The highest BCUT2D eigenvalue weighted by molar-refractivity contribution is 5.66. The van der Waals surface area contributed by atoms with Crippen LogP contribution in [0.3, 0.4) is 0 Å². The Labute approximate surface area is 90.3 Å².